The summed E-state index contributed by atoms with van der Waals surface area (Å²) in [5, 5.41) is 5.56. The maximum absolute atomic E-state index is 13.6. The fourth-order valence-corrected chi connectivity index (χ4v) is 2.46. The minimum atomic E-state index is -1.04. The van der Waals surface area contributed by atoms with Crippen molar-refractivity contribution in [1.82, 2.24) is 0 Å². The average Bonchev–Trinajstić information content (AvgIpc) is 2.51. The van der Waals surface area contributed by atoms with Gasteiger partial charge >= 0.3 is 0 Å². The molecule has 0 aliphatic carbocycles. The highest BCUT2D eigenvalue weighted by molar-refractivity contribution is 5.97. The predicted octanol–water partition coefficient (Wildman–Crippen LogP) is 3.33. The third-order valence-corrected chi connectivity index (χ3v) is 3.58. The van der Waals surface area contributed by atoms with Crippen molar-refractivity contribution in [2.45, 2.75) is 18.9 Å². The van der Waals surface area contributed by atoms with E-state index in [1.54, 1.807) is 0 Å². The summed E-state index contributed by atoms with van der Waals surface area (Å²) in [5.41, 5.74) is 1.92. The lowest BCUT2D eigenvalue weighted by atomic mass is 9.97. The first-order valence-corrected chi connectivity index (χ1v) is 6.74. The second-order valence-electron chi connectivity index (χ2n) is 4.98. The van der Waals surface area contributed by atoms with Crippen molar-refractivity contribution in [2.24, 2.45) is 0 Å². The molecule has 2 aromatic rings. The quantitative estimate of drug-likeness (QED) is 0.890. The van der Waals surface area contributed by atoms with Crippen LogP contribution >= 0.6 is 0 Å². The Balaban J connectivity index is 1.74. The molecule has 0 saturated carbocycles. The van der Waals surface area contributed by atoms with Gasteiger partial charge in [-0.1, -0.05) is 24.3 Å². The molecule has 21 heavy (non-hydrogen) atoms. The Morgan fingerprint density at radius 2 is 1.95 bits per heavy atom. The van der Waals surface area contributed by atoms with Gasteiger partial charge in [0.25, 0.3) is 0 Å². The van der Waals surface area contributed by atoms with Gasteiger partial charge in [0, 0.05) is 5.69 Å². The van der Waals surface area contributed by atoms with E-state index in [0.717, 1.165) is 23.7 Å². The van der Waals surface area contributed by atoms with Gasteiger partial charge in [0.2, 0.25) is 5.91 Å². The molecule has 108 valence electrons. The van der Waals surface area contributed by atoms with E-state index in [0.29, 0.717) is 6.42 Å². The molecule has 3 rings (SSSR count). The van der Waals surface area contributed by atoms with Gasteiger partial charge < -0.3 is 10.6 Å². The summed E-state index contributed by atoms with van der Waals surface area (Å²) >= 11 is 0. The summed E-state index contributed by atoms with van der Waals surface area (Å²) in [6.45, 7) is 0. The zero-order valence-corrected chi connectivity index (χ0v) is 11.2. The van der Waals surface area contributed by atoms with Gasteiger partial charge in [-0.25, -0.2) is 8.78 Å². The van der Waals surface area contributed by atoms with E-state index in [1.807, 2.05) is 24.3 Å². The van der Waals surface area contributed by atoms with Crippen molar-refractivity contribution in [2.75, 3.05) is 10.6 Å². The van der Waals surface area contributed by atoms with E-state index < -0.39 is 17.7 Å². The number of rotatable bonds is 2. The first-order valence-electron chi connectivity index (χ1n) is 6.74. The molecule has 2 aromatic carbocycles. The summed E-state index contributed by atoms with van der Waals surface area (Å²) < 4.78 is 26.7. The number of carbonyl (C=O) groups excluding carboxylic acids is 1. The molecule has 1 amide bonds. The van der Waals surface area contributed by atoms with E-state index in [2.05, 4.69) is 10.6 Å². The highest BCUT2D eigenvalue weighted by Gasteiger charge is 2.24. The number of anilines is 2. The van der Waals surface area contributed by atoms with Crippen LogP contribution in [0.1, 0.15) is 12.0 Å². The lowest BCUT2D eigenvalue weighted by Gasteiger charge is -2.26. The fourth-order valence-electron chi connectivity index (χ4n) is 2.46. The number of amides is 1. The van der Waals surface area contributed by atoms with Crippen LogP contribution in [0.5, 0.6) is 0 Å². The molecule has 0 bridgehead atoms. The molecule has 0 fully saturated rings. The Morgan fingerprint density at radius 1 is 1.14 bits per heavy atom. The Bertz CT molecular complexity index is 688. The van der Waals surface area contributed by atoms with Gasteiger partial charge in [0.05, 0.1) is 5.69 Å². The monoisotopic (exact) mass is 288 g/mol. The maximum atomic E-state index is 13.6. The van der Waals surface area contributed by atoms with Crippen molar-refractivity contribution in [3.05, 3.63) is 59.7 Å². The number of carbonyl (C=O) groups is 1. The van der Waals surface area contributed by atoms with E-state index in [4.69, 9.17) is 0 Å². The van der Waals surface area contributed by atoms with Crippen LogP contribution in [0.2, 0.25) is 0 Å². The summed E-state index contributed by atoms with van der Waals surface area (Å²) in [7, 11) is 0. The van der Waals surface area contributed by atoms with Gasteiger partial charge in [-0.05, 0) is 36.6 Å². The molecule has 3 nitrogen and oxygen atoms in total. The number of fused-ring (bicyclic) bond motifs is 1. The van der Waals surface area contributed by atoms with Crippen LogP contribution in [0.4, 0.5) is 20.2 Å². The fraction of sp³-hybridized carbons (Fsp3) is 0.188. The van der Waals surface area contributed by atoms with E-state index in [1.165, 1.54) is 12.1 Å². The van der Waals surface area contributed by atoms with Gasteiger partial charge in [-0.3, -0.25) is 4.79 Å². The number of nitrogens with one attached hydrogen (secondary N) is 2. The van der Waals surface area contributed by atoms with Crippen molar-refractivity contribution in [3.63, 3.8) is 0 Å². The number of halogens is 2. The molecule has 1 unspecified atom stereocenters. The lowest BCUT2D eigenvalue weighted by molar-refractivity contribution is -0.117. The molecule has 0 spiro atoms. The molecule has 0 saturated heterocycles. The number of hydrogen-bond donors (Lipinski definition) is 2. The van der Waals surface area contributed by atoms with Crippen molar-refractivity contribution in [3.8, 4) is 0 Å². The molecule has 1 aliphatic heterocycles. The van der Waals surface area contributed by atoms with Crippen LogP contribution < -0.4 is 10.6 Å². The maximum Gasteiger partial charge on any atom is 0.246 e. The first-order chi connectivity index (χ1) is 10.1. The number of para-hydroxylation sites is 1. The number of benzene rings is 2. The lowest BCUT2D eigenvalue weighted by Crippen LogP contribution is -2.37. The molecule has 1 heterocycles. The summed E-state index contributed by atoms with van der Waals surface area (Å²) in [5.74, 6) is -2.38. The third kappa shape index (κ3) is 2.72. The minimum Gasteiger partial charge on any atom is -0.373 e. The SMILES string of the molecule is O=C(Nc1cccc(F)c1F)C1CCc2ccccc2N1. The van der Waals surface area contributed by atoms with Crippen LogP contribution in [0, 0.1) is 11.6 Å². The molecular formula is C16H14F2N2O. The zero-order valence-electron chi connectivity index (χ0n) is 11.2. The molecular weight excluding hydrogens is 274 g/mol. The Kier molecular flexibility index (Phi) is 3.56. The standard InChI is InChI=1S/C16H14F2N2O/c17-11-5-3-7-13(15(11)18)20-16(21)14-9-8-10-4-1-2-6-12(10)19-14/h1-7,14,19H,8-9H2,(H,20,21). The van der Waals surface area contributed by atoms with Crippen molar-refractivity contribution >= 4 is 17.3 Å². The molecule has 1 aliphatic rings. The topological polar surface area (TPSA) is 41.1 Å². The summed E-state index contributed by atoms with van der Waals surface area (Å²) in [4.78, 5) is 12.2. The third-order valence-electron chi connectivity index (χ3n) is 3.58. The second kappa shape index (κ2) is 5.52. The van der Waals surface area contributed by atoms with E-state index in [-0.39, 0.29) is 11.6 Å². The summed E-state index contributed by atoms with van der Waals surface area (Å²) in [6.07, 6.45) is 1.38. The molecule has 0 radical (unpaired) electrons. The van der Waals surface area contributed by atoms with E-state index >= 15 is 0 Å². The van der Waals surface area contributed by atoms with Crippen LogP contribution in [0.3, 0.4) is 0 Å². The number of hydrogen-bond acceptors (Lipinski definition) is 2. The van der Waals surface area contributed by atoms with Crippen LogP contribution in [0.25, 0.3) is 0 Å². The van der Waals surface area contributed by atoms with Crippen LogP contribution in [-0.4, -0.2) is 11.9 Å². The normalized spacial score (nSPS) is 16.8. The van der Waals surface area contributed by atoms with E-state index in [9.17, 15) is 13.6 Å². The van der Waals surface area contributed by atoms with Crippen LogP contribution in [-0.2, 0) is 11.2 Å². The second-order valence-corrected chi connectivity index (χ2v) is 4.98. The van der Waals surface area contributed by atoms with Gasteiger partial charge in [-0.15, -0.1) is 0 Å². The Morgan fingerprint density at radius 3 is 2.81 bits per heavy atom. The highest BCUT2D eigenvalue weighted by atomic mass is 19.2. The van der Waals surface area contributed by atoms with Crippen molar-refractivity contribution < 1.29 is 13.6 Å². The highest BCUT2D eigenvalue weighted by Crippen LogP contribution is 2.25. The largest absolute Gasteiger partial charge is 0.373 e. The Hall–Kier alpha value is -2.43. The molecule has 0 aromatic heterocycles. The smallest absolute Gasteiger partial charge is 0.246 e. The Labute approximate surface area is 121 Å². The van der Waals surface area contributed by atoms with Gasteiger partial charge in [-0.2, -0.15) is 0 Å². The average molecular weight is 288 g/mol. The van der Waals surface area contributed by atoms with Gasteiger partial charge in [0.15, 0.2) is 11.6 Å². The molecule has 2 N–H and O–H groups in total. The molecule has 5 heteroatoms. The predicted molar refractivity (Wildman–Crippen MR) is 77.2 cm³/mol. The van der Waals surface area contributed by atoms with Crippen LogP contribution in [0.15, 0.2) is 42.5 Å². The first kappa shape index (κ1) is 13.5. The minimum absolute atomic E-state index is 0.138. The number of aryl methyl sites for hydroxylation is 1. The van der Waals surface area contributed by atoms with Gasteiger partial charge in [0.1, 0.15) is 6.04 Å². The zero-order chi connectivity index (χ0) is 14.8. The molecule has 1 atom stereocenters. The summed E-state index contributed by atoms with van der Waals surface area (Å²) in [6, 6.07) is 11.0. The van der Waals surface area contributed by atoms with Crippen molar-refractivity contribution in [1.29, 1.82) is 0 Å².